The fourth-order valence-corrected chi connectivity index (χ4v) is 3.38. The molecule has 0 amide bonds. The van der Waals surface area contributed by atoms with E-state index in [1.165, 1.54) is 14.2 Å². The Morgan fingerprint density at radius 2 is 2.15 bits per heavy atom. The van der Waals surface area contributed by atoms with Crippen molar-refractivity contribution in [1.29, 1.82) is 0 Å². The first-order valence-electron chi connectivity index (χ1n) is 3.65. The second kappa shape index (κ2) is 4.46. The van der Waals surface area contributed by atoms with Crippen LogP contribution in [0.3, 0.4) is 0 Å². The highest BCUT2D eigenvalue weighted by atomic mass is 32.7. The van der Waals surface area contributed by atoms with Crippen molar-refractivity contribution in [2.24, 2.45) is 0 Å². The minimum atomic E-state index is -3.01. The molecule has 0 aliphatic carbocycles. The molecule has 1 aliphatic heterocycles. The fourth-order valence-electron chi connectivity index (χ4n) is 0.809. The Hall–Kier alpha value is -0.0300. The number of rotatable bonds is 5. The highest BCUT2D eigenvalue weighted by Gasteiger charge is 2.32. The van der Waals surface area contributed by atoms with Crippen molar-refractivity contribution >= 4 is 24.1 Å². The first kappa shape index (κ1) is 11.0. The average Bonchev–Trinajstić information content (AvgIpc) is 2.10. The van der Waals surface area contributed by atoms with Crippen molar-refractivity contribution in [2.45, 2.75) is 12.5 Å². The summed E-state index contributed by atoms with van der Waals surface area (Å²) in [6.45, 7) is -3.01. The second-order valence-corrected chi connectivity index (χ2v) is 6.76. The van der Waals surface area contributed by atoms with Gasteiger partial charge in [-0.2, -0.15) is 0 Å². The monoisotopic (exact) mass is 226 g/mol. The Kier molecular flexibility index (Phi) is 3.79. The molecule has 13 heavy (non-hydrogen) atoms. The van der Waals surface area contributed by atoms with E-state index in [4.69, 9.17) is 4.74 Å². The minimum absolute atomic E-state index is 0.142. The van der Waals surface area contributed by atoms with Crippen LogP contribution in [0.5, 0.6) is 0 Å². The van der Waals surface area contributed by atoms with E-state index in [0.29, 0.717) is 12.2 Å². The molecule has 0 aromatic rings. The maximum absolute atomic E-state index is 11.5. The predicted molar refractivity (Wildman–Crippen MR) is 48.6 cm³/mol. The molecular weight excluding hydrogens is 215 g/mol. The molecule has 7 heteroatoms. The zero-order valence-electron chi connectivity index (χ0n) is 7.39. The quantitative estimate of drug-likeness (QED) is 0.522. The van der Waals surface area contributed by atoms with Gasteiger partial charge in [0.15, 0.2) is 0 Å². The molecule has 1 unspecified atom stereocenters. The number of hydrogen-bond acceptors (Lipinski definition) is 6. The summed E-state index contributed by atoms with van der Waals surface area (Å²) in [6, 6.07) is 0. The van der Waals surface area contributed by atoms with Crippen molar-refractivity contribution in [3.63, 3.8) is 0 Å². The molecule has 0 aromatic carbocycles. The van der Waals surface area contributed by atoms with Crippen LogP contribution in [0, 0.1) is 0 Å². The van der Waals surface area contributed by atoms with Gasteiger partial charge in [-0.3, -0.25) is 4.79 Å². The number of ether oxygens (including phenoxy) is 1. The van der Waals surface area contributed by atoms with Gasteiger partial charge >= 0.3 is 12.8 Å². The summed E-state index contributed by atoms with van der Waals surface area (Å²) in [5.41, 5.74) is 0. The van der Waals surface area contributed by atoms with Crippen molar-refractivity contribution in [3.8, 4) is 0 Å². The largest absolute Gasteiger partial charge is 0.461 e. The van der Waals surface area contributed by atoms with Gasteiger partial charge in [0.25, 0.3) is 0 Å². The van der Waals surface area contributed by atoms with E-state index in [9.17, 15) is 9.36 Å². The Morgan fingerprint density at radius 3 is 2.54 bits per heavy atom. The highest BCUT2D eigenvalue weighted by Crippen LogP contribution is 2.59. The number of esters is 1. The minimum Gasteiger partial charge on any atom is -0.461 e. The summed E-state index contributed by atoms with van der Waals surface area (Å²) in [5.74, 6) is 0.236. The van der Waals surface area contributed by atoms with Crippen LogP contribution in [0.1, 0.15) is 6.42 Å². The van der Waals surface area contributed by atoms with E-state index >= 15 is 0 Å². The molecule has 0 N–H and O–H groups in total. The molecule has 1 atom stereocenters. The van der Waals surface area contributed by atoms with Gasteiger partial charge in [-0.05, 0) is 11.4 Å². The third-order valence-corrected chi connectivity index (χ3v) is 5.58. The topological polar surface area (TPSA) is 61.8 Å². The Labute approximate surface area is 80.4 Å². The molecule has 0 spiro atoms. The average molecular weight is 226 g/mol. The maximum atomic E-state index is 11.5. The van der Waals surface area contributed by atoms with E-state index in [-0.39, 0.29) is 12.1 Å². The Morgan fingerprint density at radius 1 is 1.62 bits per heavy atom. The van der Waals surface area contributed by atoms with Gasteiger partial charge < -0.3 is 13.8 Å². The van der Waals surface area contributed by atoms with Crippen LogP contribution in [0.15, 0.2) is 0 Å². The van der Waals surface area contributed by atoms with Gasteiger partial charge in [-0.15, -0.1) is 0 Å². The Balaban J connectivity index is 2.25. The summed E-state index contributed by atoms with van der Waals surface area (Å²) < 4.78 is 25.6. The van der Waals surface area contributed by atoms with Crippen LogP contribution >= 0.6 is 18.2 Å². The molecule has 0 aromatic heterocycles. The van der Waals surface area contributed by atoms with Gasteiger partial charge in [-0.1, -0.05) is 0 Å². The van der Waals surface area contributed by atoms with Gasteiger partial charge in [0.05, 0.1) is 6.42 Å². The molecule has 0 radical (unpaired) electrons. The third kappa shape index (κ3) is 2.98. The molecule has 1 heterocycles. The van der Waals surface area contributed by atoms with Crippen LogP contribution in [-0.2, 0) is 23.1 Å². The lowest BCUT2D eigenvalue weighted by molar-refractivity contribution is -0.166. The number of carbonyl (C=O) groups excluding carboxylic acids is 1. The van der Waals surface area contributed by atoms with Crippen LogP contribution in [0.4, 0.5) is 0 Å². The third-order valence-electron chi connectivity index (χ3n) is 1.56. The SMILES string of the molecule is COP(=O)(OC)SCC1CC(=O)O1. The zero-order valence-corrected chi connectivity index (χ0v) is 9.10. The smallest absolute Gasteiger partial charge is 0.388 e. The number of cyclic esters (lactones) is 1. The van der Waals surface area contributed by atoms with Crippen LogP contribution in [0.25, 0.3) is 0 Å². The molecule has 1 saturated heterocycles. The van der Waals surface area contributed by atoms with E-state index in [0.717, 1.165) is 11.4 Å². The fraction of sp³-hybridized carbons (Fsp3) is 0.833. The van der Waals surface area contributed by atoms with Crippen molar-refractivity contribution in [3.05, 3.63) is 0 Å². The molecule has 1 rings (SSSR count). The van der Waals surface area contributed by atoms with Gasteiger partial charge in [-0.25, -0.2) is 4.57 Å². The Bertz CT molecular complexity index is 227. The second-order valence-electron chi connectivity index (χ2n) is 2.42. The first-order chi connectivity index (χ1) is 6.09. The highest BCUT2D eigenvalue weighted by molar-refractivity contribution is 8.55. The van der Waals surface area contributed by atoms with Crippen LogP contribution in [0.2, 0.25) is 0 Å². The molecule has 76 valence electrons. The molecule has 1 fully saturated rings. The summed E-state index contributed by atoms with van der Waals surface area (Å²) >= 11 is 1.04. The predicted octanol–water partition coefficient (Wildman–Crippen LogP) is 1.44. The standard InChI is InChI=1S/C6H11O5PS/c1-9-12(8,10-2)13-4-5-3-6(7)11-5/h5H,3-4H2,1-2H3. The van der Waals surface area contributed by atoms with E-state index in [1.54, 1.807) is 0 Å². The molecule has 0 saturated carbocycles. The van der Waals surface area contributed by atoms with Crippen molar-refractivity contribution in [1.82, 2.24) is 0 Å². The molecule has 1 aliphatic rings. The normalized spacial score (nSPS) is 22.3. The summed E-state index contributed by atoms with van der Waals surface area (Å²) in [7, 11) is 2.65. The lowest BCUT2D eigenvalue weighted by atomic mass is 10.2. The molecular formula is C6H11O5PS. The van der Waals surface area contributed by atoms with Gasteiger partial charge in [0.1, 0.15) is 6.10 Å². The van der Waals surface area contributed by atoms with Gasteiger partial charge in [0, 0.05) is 20.0 Å². The first-order valence-corrected chi connectivity index (χ1v) is 6.78. The zero-order chi connectivity index (χ0) is 9.90. The lowest BCUT2D eigenvalue weighted by Crippen LogP contribution is -2.34. The maximum Gasteiger partial charge on any atom is 0.388 e. The molecule has 0 bridgehead atoms. The number of carbonyl (C=O) groups is 1. The van der Waals surface area contributed by atoms with E-state index in [1.807, 2.05) is 0 Å². The van der Waals surface area contributed by atoms with Crippen LogP contribution in [-0.4, -0.2) is 32.0 Å². The van der Waals surface area contributed by atoms with Crippen molar-refractivity contribution < 1.29 is 23.1 Å². The lowest BCUT2D eigenvalue weighted by Gasteiger charge is -2.25. The molecule has 5 nitrogen and oxygen atoms in total. The summed E-state index contributed by atoms with van der Waals surface area (Å²) in [6.07, 6.45) is 0.247. The van der Waals surface area contributed by atoms with Crippen LogP contribution < -0.4 is 0 Å². The number of hydrogen-bond donors (Lipinski definition) is 0. The van der Waals surface area contributed by atoms with E-state index in [2.05, 4.69) is 9.05 Å². The van der Waals surface area contributed by atoms with Gasteiger partial charge in [0.2, 0.25) is 0 Å². The van der Waals surface area contributed by atoms with Crippen molar-refractivity contribution in [2.75, 3.05) is 20.0 Å². The van der Waals surface area contributed by atoms with E-state index < -0.39 is 6.80 Å². The summed E-state index contributed by atoms with van der Waals surface area (Å²) in [5, 5.41) is 0. The summed E-state index contributed by atoms with van der Waals surface area (Å²) in [4.78, 5) is 10.4.